The van der Waals surface area contributed by atoms with Crippen LogP contribution in [-0.2, 0) is 4.79 Å². The zero-order valence-corrected chi connectivity index (χ0v) is 13.2. The predicted octanol–water partition coefficient (Wildman–Crippen LogP) is 2.80. The molecular formula is C15H28N2O3. The van der Waals surface area contributed by atoms with E-state index in [1.165, 1.54) is 0 Å². The van der Waals surface area contributed by atoms with Gasteiger partial charge in [-0.3, -0.25) is 4.79 Å². The van der Waals surface area contributed by atoms with E-state index in [4.69, 9.17) is 5.11 Å². The van der Waals surface area contributed by atoms with Crippen LogP contribution in [0.25, 0.3) is 0 Å². The van der Waals surface area contributed by atoms with Crippen LogP contribution in [0.1, 0.15) is 52.4 Å². The van der Waals surface area contributed by atoms with Gasteiger partial charge in [-0.15, -0.1) is 0 Å². The number of carbonyl (C=O) groups is 2. The molecule has 116 valence electrons. The van der Waals surface area contributed by atoms with E-state index in [9.17, 15) is 9.59 Å². The predicted molar refractivity (Wildman–Crippen MR) is 78.7 cm³/mol. The van der Waals surface area contributed by atoms with Gasteiger partial charge in [0.2, 0.25) is 0 Å². The van der Waals surface area contributed by atoms with E-state index in [0.717, 1.165) is 25.7 Å². The fraction of sp³-hybridized carbons (Fsp3) is 0.867. The van der Waals surface area contributed by atoms with Gasteiger partial charge in [-0.2, -0.15) is 0 Å². The molecule has 1 fully saturated rings. The number of carboxylic acids is 1. The van der Waals surface area contributed by atoms with Crippen LogP contribution < -0.4 is 0 Å². The Labute approximate surface area is 121 Å². The normalized spacial score (nSPS) is 18.6. The molecule has 0 aromatic carbocycles. The molecule has 1 aliphatic carbocycles. The minimum atomic E-state index is -0.811. The molecule has 2 amide bonds. The molecular weight excluding hydrogens is 256 g/mol. The summed E-state index contributed by atoms with van der Waals surface area (Å²) in [4.78, 5) is 26.2. The van der Waals surface area contributed by atoms with Crippen LogP contribution in [0.2, 0.25) is 0 Å². The molecule has 5 heteroatoms. The quantitative estimate of drug-likeness (QED) is 0.844. The number of carbonyl (C=O) groups excluding carboxylic acids is 1. The molecule has 1 N–H and O–H groups in total. The summed E-state index contributed by atoms with van der Waals surface area (Å²) in [6.07, 6.45) is 5.02. The van der Waals surface area contributed by atoms with Crippen LogP contribution in [0, 0.1) is 5.41 Å². The molecule has 0 heterocycles. The van der Waals surface area contributed by atoms with Crippen molar-refractivity contribution < 1.29 is 14.7 Å². The molecule has 0 saturated heterocycles. The molecule has 0 unspecified atom stereocenters. The van der Waals surface area contributed by atoms with Gasteiger partial charge in [0, 0.05) is 33.1 Å². The number of rotatable bonds is 5. The first-order chi connectivity index (χ1) is 9.23. The van der Waals surface area contributed by atoms with E-state index in [2.05, 4.69) is 13.8 Å². The molecule has 0 bridgehead atoms. The number of urea groups is 1. The van der Waals surface area contributed by atoms with Crippen LogP contribution in [0.5, 0.6) is 0 Å². The van der Waals surface area contributed by atoms with Gasteiger partial charge in [0.15, 0.2) is 0 Å². The standard InChI is InChI=1S/C15H28N2O3/c1-15(2)9-7-12(8-10-15)17(4)14(20)16(3)11-5-6-13(18)19/h12H,5-11H2,1-4H3,(H,18,19). The maximum Gasteiger partial charge on any atom is 0.319 e. The van der Waals surface area contributed by atoms with Crippen LogP contribution in [0.4, 0.5) is 4.79 Å². The van der Waals surface area contributed by atoms with Gasteiger partial charge in [0.25, 0.3) is 0 Å². The van der Waals surface area contributed by atoms with E-state index in [1.807, 2.05) is 11.9 Å². The third-order valence-electron chi connectivity index (χ3n) is 4.37. The summed E-state index contributed by atoms with van der Waals surface area (Å²) >= 11 is 0. The molecule has 0 aromatic heterocycles. The third-order valence-corrected chi connectivity index (χ3v) is 4.37. The topological polar surface area (TPSA) is 60.9 Å². The van der Waals surface area contributed by atoms with Gasteiger partial charge < -0.3 is 14.9 Å². The van der Waals surface area contributed by atoms with Crippen molar-refractivity contribution in [2.75, 3.05) is 20.6 Å². The Morgan fingerprint density at radius 3 is 2.25 bits per heavy atom. The first-order valence-electron chi connectivity index (χ1n) is 7.43. The molecule has 1 aliphatic rings. The third kappa shape index (κ3) is 5.02. The summed E-state index contributed by atoms with van der Waals surface area (Å²) < 4.78 is 0. The zero-order chi connectivity index (χ0) is 15.3. The highest BCUT2D eigenvalue weighted by Crippen LogP contribution is 2.36. The SMILES string of the molecule is CN(CCCC(=O)O)C(=O)N(C)C1CCC(C)(C)CC1. The minimum absolute atomic E-state index is 0.0000879. The Hall–Kier alpha value is -1.26. The van der Waals surface area contributed by atoms with Crippen molar-refractivity contribution in [1.82, 2.24) is 9.80 Å². The van der Waals surface area contributed by atoms with Gasteiger partial charge in [0.05, 0.1) is 0 Å². The molecule has 0 aromatic rings. The summed E-state index contributed by atoms with van der Waals surface area (Å²) in [5.41, 5.74) is 0.397. The van der Waals surface area contributed by atoms with Crippen molar-refractivity contribution in [3.05, 3.63) is 0 Å². The average Bonchev–Trinajstić information content (AvgIpc) is 2.36. The molecule has 0 atom stereocenters. The zero-order valence-electron chi connectivity index (χ0n) is 13.2. The van der Waals surface area contributed by atoms with Crippen molar-refractivity contribution in [3.8, 4) is 0 Å². The van der Waals surface area contributed by atoms with Gasteiger partial charge in [-0.1, -0.05) is 13.8 Å². The summed E-state index contributed by atoms with van der Waals surface area (Å²) in [5, 5.41) is 8.61. The molecule has 1 saturated carbocycles. The van der Waals surface area contributed by atoms with Crippen molar-refractivity contribution in [2.24, 2.45) is 5.41 Å². The van der Waals surface area contributed by atoms with Crippen LogP contribution in [-0.4, -0.2) is 53.6 Å². The Kier molecular flexibility index (Phi) is 5.84. The second-order valence-electron chi connectivity index (χ2n) is 6.71. The van der Waals surface area contributed by atoms with E-state index in [0.29, 0.717) is 24.4 Å². The van der Waals surface area contributed by atoms with Crippen LogP contribution >= 0.6 is 0 Å². The number of carboxylic acid groups (broad SMARTS) is 1. The largest absolute Gasteiger partial charge is 0.481 e. The van der Waals surface area contributed by atoms with E-state index >= 15 is 0 Å². The maximum absolute atomic E-state index is 12.3. The minimum Gasteiger partial charge on any atom is -0.481 e. The fourth-order valence-corrected chi connectivity index (χ4v) is 2.76. The molecule has 1 rings (SSSR count). The van der Waals surface area contributed by atoms with Crippen molar-refractivity contribution >= 4 is 12.0 Å². The lowest BCUT2D eigenvalue weighted by Gasteiger charge is -2.39. The smallest absolute Gasteiger partial charge is 0.319 e. The first kappa shape index (κ1) is 16.8. The summed E-state index contributed by atoms with van der Waals surface area (Å²) in [6, 6.07) is 0.317. The highest BCUT2D eigenvalue weighted by molar-refractivity contribution is 5.74. The number of nitrogens with zero attached hydrogens (tertiary/aromatic N) is 2. The van der Waals surface area contributed by atoms with E-state index in [1.54, 1.807) is 11.9 Å². The summed E-state index contributed by atoms with van der Waals surface area (Å²) in [5.74, 6) is -0.811. The average molecular weight is 284 g/mol. The lowest BCUT2D eigenvalue weighted by Crippen LogP contribution is -2.46. The lowest BCUT2D eigenvalue weighted by atomic mass is 9.75. The van der Waals surface area contributed by atoms with Crippen LogP contribution in [0.15, 0.2) is 0 Å². The van der Waals surface area contributed by atoms with Gasteiger partial charge in [0.1, 0.15) is 0 Å². The monoisotopic (exact) mass is 284 g/mol. The highest BCUT2D eigenvalue weighted by atomic mass is 16.4. The molecule has 0 radical (unpaired) electrons. The van der Waals surface area contributed by atoms with Crippen LogP contribution in [0.3, 0.4) is 0 Å². The Balaban J connectivity index is 2.40. The van der Waals surface area contributed by atoms with E-state index < -0.39 is 5.97 Å². The second kappa shape index (κ2) is 6.95. The van der Waals surface area contributed by atoms with Crippen molar-refractivity contribution in [1.29, 1.82) is 0 Å². The van der Waals surface area contributed by atoms with Crippen molar-refractivity contribution in [2.45, 2.75) is 58.4 Å². The Bertz CT molecular complexity index is 345. The van der Waals surface area contributed by atoms with Gasteiger partial charge in [-0.05, 0) is 37.5 Å². The second-order valence-corrected chi connectivity index (χ2v) is 6.71. The van der Waals surface area contributed by atoms with E-state index in [-0.39, 0.29) is 12.5 Å². The number of hydrogen-bond donors (Lipinski definition) is 1. The fourth-order valence-electron chi connectivity index (χ4n) is 2.76. The number of amides is 2. The molecule has 0 spiro atoms. The summed E-state index contributed by atoms with van der Waals surface area (Å²) in [6.45, 7) is 5.06. The number of hydrogen-bond acceptors (Lipinski definition) is 2. The lowest BCUT2D eigenvalue weighted by molar-refractivity contribution is -0.137. The molecule has 20 heavy (non-hydrogen) atoms. The molecule has 5 nitrogen and oxygen atoms in total. The van der Waals surface area contributed by atoms with Gasteiger partial charge >= 0.3 is 12.0 Å². The Morgan fingerprint density at radius 2 is 1.75 bits per heavy atom. The Morgan fingerprint density at radius 1 is 1.20 bits per heavy atom. The maximum atomic E-state index is 12.3. The first-order valence-corrected chi connectivity index (χ1v) is 7.43. The highest BCUT2D eigenvalue weighted by Gasteiger charge is 2.31. The summed E-state index contributed by atoms with van der Waals surface area (Å²) in [7, 11) is 3.60. The number of aliphatic carboxylic acids is 1. The van der Waals surface area contributed by atoms with Gasteiger partial charge in [-0.25, -0.2) is 4.79 Å². The molecule has 0 aliphatic heterocycles. The van der Waals surface area contributed by atoms with Crippen molar-refractivity contribution in [3.63, 3.8) is 0 Å².